The molecule has 1 rings (SSSR count). The number of halogens is 6. The van der Waals surface area contributed by atoms with Gasteiger partial charge in [0.15, 0.2) is 10.8 Å². The molecule has 0 heterocycles. The van der Waals surface area contributed by atoms with Gasteiger partial charge in [0.2, 0.25) is 0 Å². The minimum atomic E-state index is -5.26. The predicted octanol–water partition coefficient (Wildman–Crippen LogP) is 3.27. The zero-order chi connectivity index (χ0) is 20.4. The van der Waals surface area contributed by atoms with E-state index in [4.69, 9.17) is 16.7 Å². The number of nitriles is 1. The van der Waals surface area contributed by atoms with E-state index < -0.39 is 44.5 Å². The molecule has 1 aromatic carbocycles. The van der Waals surface area contributed by atoms with E-state index in [2.05, 4.69) is 4.99 Å². The third kappa shape index (κ3) is 4.75. The number of alkyl halides is 6. The molecule has 0 aliphatic carbocycles. The molecule has 1 unspecified atom stereocenters. The molecular weight excluding hydrogens is 386 g/mol. The molecule has 0 amide bonds. The molecule has 1 aromatic rings. The Kier molecular flexibility index (Phi) is 6.09. The van der Waals surface area contributed by atoms with Crippen molar-refractivity contribution in [3.05, 3.63) is 39.4 Å². The third-order valence-electron chi connectivity index (χ3n) is 3.04. The van der Waals surface area contributed by atoms with Crippen molar-refractivity contribution in [2.45, 2.75) is 25.5 Å². The van der Waals surface area contributed by atoms with E-state index in [1.54, 1.807) is 0 Å². The predicted molar refractivity (Wildman–Crippen MR) is 83.2 cm³/mol. The summed E-state index contributed by atoms with van der Waals surface area (Å²) in [5.74, 6) is -0.981. The Morgan fingerprint density at radius 1 is 1.12 bits per heavy atom. The standard InChI is InChI=1S/C14H12F6N4OS/c1-6-3-8(13(15,16)17)4-7(2)10(6)24-12(23)11(9(22)5-21)26(25)14(18,19)20/h3-4H,22H2,1-2H3,(H2,23,24). The van der Waals surface area contributed by atoms with Crippen molar-refractivity contribution in [2.75, 3.05) is 0 Å². The second-order valence-electron chi connectivity index (χ2n) is 5.02. The van der Waals surface area contributed by atoms with Crippen LogP contribution in [0.25, 0.3) is 0 Å². The van der Waals surface area contributed by atoms with Crippen LogP contribution in [0.1, 0.15) is 16.7 Å². The molecule has 0 aliphatic heterocycles. The highest BCUT2D eigenvalue weighted by Crippen LogP contribution is 2.35. The average molecular weight is 398 g/mol. The molecule has 0 radical (unpaired) electrons. The molecular formula is C14H12F6N4OS. The zero-order valence-corrected chi connectivity index (χ0v) is 14.1. The van der Waals surface area contributed by atoms with Crippen molar-refractivity contribution < 1.29 is 30.6 Å². The molecule has 0 bridgehead atoms. The maximum Gasteiger partial charge on any atom is 0.476 e. The minimum Gasteiger partial charge on any atom is -0.389 e. The van der Waals surface area contributed by atoms with Gasteiger partial charge in [-0.25, -0.2) is 9.20 Å². The Bertz CT molecular complexity index is 825. The molecule has 4 N–H and O–H groups in total. The van der Waals surface area contributed by atoms with Crippen LogP contribution in [0, 0.1) is 25.2 Å². The van der Waals surface area contributed by atoms with E-state index in [1.165, 1.54) is 19.9 Å². The number of rotatable bonds is 3. The monoisotopic (exact) mass is 398 g/mol. The van der Waals surface area contributed by atoms with Crippen LogP contribution in [0.2, 0.25) is 0 Å². The van der Waals surface area contributed by atoms with Gasteiger partial charge in [0.1, 0.15) is 22.5 Å². The first-order valence-electron chi connectivity index (χ1n) is 6.61. The van der Waals surface area contributed by atoms with Gasteiger partial charge in [0.05, 0.1) is 11.3 Å². The van der Waals surface area contributed by atoms with Gasteiger partial charge < -0.3 is 11.5 Å². The molecule has 26 heavy (non-hydrogen) atoms. The fourth-order valence-corrected chi connectivity index (χ4v) is 2.68. The van der Waals surface area contributed by atoms with Gasteiger partial charge in [0, 0.05) is 0 Å². The summed E-state index contributed by atoms with van der Waals surface area (Å²) in [7, 11) is -3.74. The van der Waals surface area contributed by atoms with Crippen LogP contribution in [0.4, 0.5) is 32.0 Å². The summed E-state index contributed by atoms with van der Waals surface area (Å²) in [6.07, 6.45) is -4.63. The largest absolute Gasteiger partial charge is 0.476 e. The first-order valence-corrected chi connectivity index (χ1v) is 7.76. The molecule has 0 fully saturated rings. The molecule has 1 atom stereocenters. The first-order chi connectivity index (χ1) is 11.7. The summed E-state index contributed by atoms with van der Waals surface area (Å²) in [5.41, 5.74) is 3.05. The number of hydrogen-bond acceptors (Lipinski definition) is 4. The fourth-order valence-electron chi connectivity index (χ4n) is 1.97. The first kappa shape index (κ1) is 21.5. The van der Waals surface area contributed by atoms with Crippen LogP contribution in [-0.4, -0.2) is 15.6 Å². The second kappa shape index (κ2) is 7.36. The highest BCUT2D eigenvalue weighted by Gasteiger charge is 2.42. The number of hydrogen-bond donors (Lipinski definition) is 2. The quantitative estimate of drug-likeness (QED) is 0.353. The Labute approximate surface area is 146 Å². The van der Waals surface area contributed by atoms with Crippen LogP contribution < -0.4 is 11.5 Å². The van der Waals surface area contributed by atoms with E-state index in [1.807, 2.05) is 0 Å². The molecule has 142 valence electrons. The molecule has 0 aliphatic rings. The maximum atomic E-state index is 12.8. The van der Waals surface area contributed by atoms with Crippen LogP contribution >= 0.6 is 0 Å². The average Bonchev–Trinajstić information content (AvgIpc) is 2.48. The van der Waals surface area contributed by atoms with Crippen molar-refractivity contribution in [2.24, 2.45) is 16.5 Å². The SMILES string of the molecule is Cc1cc(C(F)(F)F)cc(C)c1N=C(N)C(=C(N)C#N)S(=O)C(F)(F)F. The molecule has 12 heteroatoms. The number of allylic oxidation sites excluding steroid dienone is 1. The number of amidine groups is 1. The smallest absolute Gasteiger partial charge is 0.389 e. The number of aliphatic imine (C=N–C) groups is 1. The summed E-state index contributed by atoms with van der Waals surface area (Å²) in [5, 5.41) is 8.70. The minimum absolute atomic E-state index is 0.0343. The summed E-state index contributed by atoms with van der Waals surface area (Å²) in [4.78, 5) is 2.38. The number of nitrogens with two attached hydrogens (primary N) is 2. The zero-order valence-electron chi connectivity index (χ0n) is 13.3. The lowest BCUT2D eigenvalue weighted by atomic mass is 10.0. The van der Waals surface area contributed by atoms with Gasteiger partial charge in [-0.05, 0) is 37.1 Å². The van der Waals surface area contributed by atoms with Crippen molar-refractivity contribution in [3.8, 4) is 6.07 Å². The molecule has 0 saturated heterocycles. The summed E-state index contributed by atoms with van der Waals surface area (Å²) in [6, 6.07) is 2.66. The second-order valence-corrected chi connectivity index (χ2v) is 6.43. The number of benzene rings is 1. The summed E-state index contributed by atoms with van der Waals surface area (Å²) in [6.45, 7) is 2.48. The molecule has 5 nitrogen and oxygen atoms in total. The lowest BCUT2D eigenvalue weighted by Crippen LogP contribution is -2.29. The summed E-state index contributed by atoms with van der Waals surface area (Å²) >= 11 is 0. The van der Waals surface area contributed by atoms with E-state index in [-0.39, 0.29) is 16.8 Å². The van der Waals surface area contributed by atoms with Crippen LogP contribution in [0.5, 0.6) is 0 Å². The van der Waals surface area contributed by atoms with Crippen molar-refractivity contribution in [3.63, 3.8) is 0 Å². The highest BCUT2D eigenvalue weighted by molar-refractivity contribution is 7.90. The van der Waals surface area contributed by atoms with Crippen LogP contribution in [-0.2, 0) is 17.0 Å². The van der Waals surface area contributed by atoms with Gasteiger partial charge in [-0.3, -0.25) is 0 Å². The molecule has 0 spiro atoms. The van der Waals surface area contributed by atoms with Crippen molar-refractivity contribution >= 4 is 22.3 Å². The Balaban J connectivity index is 3.57. The Morgan fingerprint density at radius 3 is 1.92 bits per heavy atom. The Hall–Kier alpha value is -2.55. The fraction of sp³-hybridized carbons (Fsp3) is 0.286. The van der Waals surface area contributed by atoms with E-state index in [9.17, 15) is 30.6 Å². The van der Waals surface area contributed by atoms with Crippen molar-refractivity contribution in [1.82, 2.24) is 0 Å². The normalized spacial score (nSPS) is 15.3. The van der Waals surface area contributed by atoms with Gasteiger partial charge in [-0.1, -0.05) is 0 Å². The molecule has 0 saturated carbocycles. The summed E-state index contributed by atoms with van der Waals surface area (Å²) < 4.78 is 88.0. The lowest BCUT2D eigenvalue weighted by molar-refractivity contribution is -0.137. The van der Waals surface area contributed by atoms with Gasteiger partial charge in [-0.2, -0.15) is 31.6 Å². The van der Waals surface area contributed by atoms with E-state index in [0.29, 0.717) is 0 Å². The third-order valence-corrected chi connectivity index (χ3v) is 4.26. The maximum absolute atomic E-state index is 12.8. The van der Waals surface area contributed by atoms with Crippen molar-refractivity contribution in [1.29, 1.82) is 5.26 Å². The lowest BCUT2D eigenvalue weighted by Gasteiger charge is -2.14. The highest BCUT2D eigenvalue weighted by atomic mass is 32.2. The Morgan fingerprint density at radius 2 is 1.58 bits per heavy atom. The van der Waals surface area contributed by atoms with E-state index >= 15 is 0 Å². The topological polar surface area (TPSA) is 105 Å². The number of nitrogens with zero attached hydrogens (tertiary/aromatic N) is 2. The van der Waals surface area contributed by atoms with Crippen LogP contribution in [0.15, 0.2) is 27.7 Å². The van der Waals surface area contributed by atoms with Gasteiger partial charge >= 0.3 is 11.7 Å². The van der Waals surface area contributed by atoms with Gasteiger partial charge in [-0.15, -0.1) is 0 Å². The van der Waals surface area contributed by atoms with E-state index in [0.717, 1.165) is 12.1 Å². The van der Waals surface area contributed by atoms with Crippen LogP contribution in [0.3, 0.4) is 0 Å². The van der Waals surface area contributed by atoms with Gasteiger partial charge in [0.25, 0.3) is 0 Å². The number of aryl methyl sites for hydroxylation is 2. The molecule has 0 aromatic heterocycles.